The number of hydrogen-bond donors (Lipinski definition) is 2. The molecule has 5 heteroatoms. The summed E-state index contributed by atoms with van der Waals surface area (Å²) >= 11 is 0. The second-order valence-corrected chi connectivity index (χ2v) is 6.48. The van der Waals surface area contributed by atoms with Crippen LogP contribution in [0.5, 0.6) is 0 Å². The summed E-state index contributed by atoms with van der Waals surface area (Å²) in [6, 6.07) is 10.9. The highest BCUT2D eigenvalue weighted by Gasteiger charge is 2.11. The van der Waals surface area contributed by atoms with E-state index in [0.29, 0.717) is 16.9 Å². The van der Waals surface area contributed by atoms with E-state index in [2.05, 4.69) is 10.6 Å². The molecule has 2 N–H and O–H groups in total. The predicted octanol–water partition coefficient (Wildman–Crippen LogP) is 4.17. The first kappa shape index (κ1) is 19.4. The molecule has 0 fully saturated rings. The van der Waals surface area contributed by atoms with Gasteiger partial charge in [-0.15, -0.1) is 0 Å². The van der Waals surface area contributed by atoms with Crippen molar-refractivity contribution in [1.82, 2.24) is 0 Å². The monoisotopic (exact) mass is 352 g/mol. The summed E-state index contributed by atoms with van der Waals surface area (Å²) in [4.78, 5) is 35.6. The van der Waals surface area contributed by atoms with Crippen molar-refractivity contribution in [3.05, 3.63) is 58.7 Å². The van der Waals surface area contributed by atoms with Crippen molar-refractivity contribution in [1.29, 1.82) is 0 Å². The summed E-state index contributed by atoms with van der Waals surface area (Å²) in [5.41, 5.74) is 4.95. The van der Waals surface area contributed by atoms with Crippen LogP contribution in [0, 0.1) is 20.8 Å². The van der Waals surface area contributed by atoms with Gasteiger partial charge in [-0.1, -0.05) is 18.2 Å². The average Bonchev–Trinajstić information content (AvgIpc) is 2.57. The fourth-order valence-corrected chi connectivity index (χ4v) is 2.54. The van der Waals surface area contributed by atoms with Crippen molar-refractivity contribution >= 4 is 29.0 Å². The van der Waals surface area contributed by atoms with Gasteiger partial charge in [-0.25, -0.2) is 0 Å². The Balaban J connectivity index is 1.97. The van der Waals surface area contributed by atoms with Crippen LogP contribution in [0.3, 0.4) is 0 Å². The zero-order chi connectivity index (χ0) is 19.3. The van der Waals surface area contributed by atoms with Crippen LogP contribution in [-0.2, 0) is 9.59 Å². The Morgan fingerprint density at radius 1 is 0.808 bits per heavy atom. The zero-order valence-corrected chi connectivity index (χ0v) is 15.6. The molecule has 0 saturated carbocycles. The quantitative estimate of drug-likeness (QED) is 0.766. The molecule has 136 valence electrons. The number of aryl methyl sites for hydroxylation is 3. The molecule has 0 heterocycles. The van der Waals surface area contributed by atoms with Crippen LogP contribution in [0.4, 0.5) is 11.4 Å². The van der Waals surface area contributed by atoms with Gasteiger partial charge in [-0.3, -0.25) is 14.4 Å². The lowest BCUT2D eigenvalue weighted by molar-refractivity contribution is -0.116. The third-order valence-electron chi connectivity index (χ3n) is 4.24. The smallest absolute Gasteiger partial charge is 0.224 e. The molecule has 0 aliphatic heterocycles. The lowest BCUT2D eigenvalue weighted by atomic mass is 10.0. The number of nitrogens with one attached hydrogen (secondary N) is 2. The Morgan fingerprint density at radius 3 is 2.15 bits per heavy atom. The van der Waals surface area contributed by atoms with Crippen molar-refractivity contribution < 1.29 is 14.4 Å². The Morgan fingerprint density at radius 2 is 1.50 bits per heavy atom. The summed E-state index contributed by atoms with van der Waals surface area (Å²) in [7, 11) is 0. The Labute approximate surface area is 153 Å². The van der Waals surface area contributed by atoms with Gasteiger partial charge in [-0.05, 0) is 55.7 Å². The van der Waals surface area contributed by atoms with Crippen LogP contribution in [0.25, 0.3) is 0 Å². The van der Waals surface area contributed by atoms with Gasteiger partial charge in [0.15, 0.2) is 5.78 Å². The highest BCUT2D eigenvalue weighted by molar-refractivity contribution is 6.00. The minimum atomic E-state index is -0.231. The van der Waals surface area contributed by atoms with E-state index in [9.17, 15) is 14.4 Å². The summed E-state index contributed by atoms with van der Waals surface area (Å²) < 4.78 is 0. The SMILES string of the molecule is CC(=O)Nc1ccc(C)c(NC(=O)CCC(=O)c2ccc(C)c(C)c2)c1. The largest absolute Gasteiger partial charge is 0.326 e. The molecule has 0 aliphatic rings. The molecule has 0 aromatic heterocycles. The molecule has 2 amide bonds. The highest BCUT2D eigenvalue weighted by atomic mass is 16.2. The Kier molecular flexibility index (Phi) is 6.28. The molecule has 0 spiro atoms. The van der Waals surface area contributed by atoms with E-state index < -0.39 is 0 Å². The number of hydrogen-bond acceptors (Lipinski definition) is 3. The minimum absolute atomic E-state index is 0.0491. The van der Waals surface area contributed by atoms with E-state index in [1.54, 1.807) is 18.2 Å². The summed E-state index contributed by atoms with van der Waals surface area (Å²) in [6.45, 7) is 7.25. The molecule has 0 atom stereocenters. The number of rotatable bonds is 6. The molecule has 0 saturated heterocycles. The summed E-state index contributed by atoms with van der Waals surface area (Å²) in [5.74, 6) is -0.456. The molecule has 0 unspecified atom stereocenters. The highest BCUT2D eigenvalue weighted by Crippen LogP contribution is 2.21. The molecule has 0 bridgehead atoms. The van der Waals surface area contributed by atoms with E-state index in [1.807, 2.05) is 39.0 Å². The number of Topliss-reactive ketones (excluding diaryl/α,β-unsaturated/α-hetero) is 1. The first-order valence-electron chi connectivity index (χ1n) is 8.55. The molecule has 2 aromatic carbocycles. The second-order valence-electron chi connectivity index (χ2n) is 6.48. The molecular formula is C21H24N2O3. The first-order valence-corrected chi connectivity index (χ1v) is 8.55. The second kappa shape index (κ2) is 8.43. The fraction of sp³-hybridized carbons (Fsp3) is 0.286. The van der Waals surface area contributed by atoms with Crippen LogP contribution in [0.1, 0.15) is 46.8 Å². The van der Waals surface area contributed by atoms with Gasteiger partial charge in [-0.2, -0.15) is 0 Å². The van der Waals surface area contributed by atoms with E-state index in [-0.39, 0.29) is 30.4 Å². The van der Waals surface area contributed by atoms with Crippen LogP contribution >= 0.6 is 0 Å². The van der Waals surface area contributed by atoms with E-state index in [1.165, 1.54) is 6.92 Å². The molecule has 5 nitrogen and oxygen atoms in total. The number of carbonyl (C=O) groups excluding carboxylic acids is 3. The maximum Gasteiger partial charge on any atom is 0.224 e. The van der Waals surface area contributed by atoms with Crippen molar-refractivity contribution in [2.45, 2.75) is 40.5 Å². The van der Waals surface area contributed by atoms with Gasteiger partial charge < -0.3 is 10.6 Å². The predicted molar refractivity (Wildman–Crippen MR) is 104 cm³/mol. The van der Waals surface area contributed by atoms with Crippen molar-refractivity contribution in [3.8, 4) is 0 Å². The first-order chi connectivity index (χ1) is 12.3. The third-order valence-corrected chi connectivity index (χ3v) is 4.24. The van der Waals surface area contributed by atoms with Gasteiger partial charge in [0.2, 0.25) is 11.8 Å². The van der Waals surface area contributed by atoms with Gasteiger partial charge in [0, 0.05) is 36.7 Å². The topological polar surface area (TPSA) is 75.3 Å². The number of benzene rings is 2. The van der Waals surface area contributed by atoms with Crippen molar-refractivity contribution in [3.63, 3.8) is 0 Å². The standard InChI is InChI=1S/C21H24N2O3/c1-13-5-7-17(11-15(13)3)20(25)9-10-21(26)23-19-12-18(22-16(4)24)8-6-14(19)2/h5-8,11-12H,9-10H2,1-4H3,(H,22,24)(H,23,26). The maximum absolute atomic E-state index is 12.3. The normalized spacial score (nSPS) is 10.3. The molecule has 2 aromatic rings. The van der Waals surface area contributed by atoms with Gasteiger partial charge in [0.05, 0.1) is 0 Å². The Hall–Kier alpha value is -2.95. The minimum Gasteiger partial charge on any atom is -0.326 e. The summed E-state index contributed by atoms with van der Waals surface area (Å²) in [6.07, 6.45) is 0.258. The van der Waals surface area contributed by atoms with Crippen LogP contribution in [-0.4, -0.2) is 17.6 Å². The lowest BCUT2D eigenvalue weighted by Gasteiger charge is -2.11. The average molecular weight is 352 g/mol. The molecule has 2 rings (SSSR count). The van der Waals surface area contributed by atoms with Crippen LogP contribution in [0.15, 0.2) is 36.4 Å². The van der Waals surface area contributed by atoms with Gasteiger partial charge >= 0.3 is 0 Å². The molecular weight excluding hydrogens is 328 g/mol. The zero-order valence-electron chi connectivity index (χ0n) is 15.6. The van der Waals surface area contributed by atoms with Crippen molar-refractivity contribution in [2.24, 2.45) is 0 Å². The lowest BCUT2D eigenvalue weighted by Crippen LogP contribution is -2.15. The van der Waals surface area contributed by atoms with Crippen molar-refractivity contribution in [2.75, 3.05) is 10.6 Å². The number of carbonyl (C=O) groups is 3. The van der Waals surface area contributed by atoms with E-state index >= 15 is 0 Å². The van der Waals surface area contributed by atoms with E-state index in [0.717, 1.165) is 16.7 Å². The molecule has 0 radical (unpaired) electrons. The Bertz CT molecular complexity index is 856. The number of amides is 2. The van der Waals surface area contributed by atoms with Crippen LogP contribution in [0.2, 0.25) is 0 Å². The maximum atomic E-state index is 12.3. The summed E-state index contributed by atoms with van der Waals surface area (Å²) in [5, 5.41) is 5.49. The molecule has 0 aliphatic carbocycles. The van der Waals surface area contributed by atoms with Gasteiger partial charge in [0.1, 0.15) is 0 Å². The van der Waals surface area contributed by atoms with Crippen LogP contribution < -0.4 is 10.6 Å². The third kappa shape index (κ3) is 5.28. The number of ketones is 1. The van der Waals surface area contributed by atoms with E-state index in [4.69, 9.17) is 0 Å². The number of anilines is 2. The fourth-order valence-electron chi connectivity index (χ4n) is 2.54. The van der Waals surface area contributed by atoms with Gasteiger partial charge in [0.25, 0.3) is 0 Å². The molecule has 26 heavy (non-hydrogen) atoms.